The number of carbonyl (C=O) groups excluding carboxylic acids is 2. The van der Waals surface area contributed by atoms with Crippen LogP contribution in [0.25, 0.3) is 0 Å². The van der Waals surface area contributed by atoms with Crippen molar-refractivity contribution in [2.24, 2.45) is 0 Å². The van der Waals surface area contributed by atoms with E-state index in [1.54, 1.807) is 17.0 Å². The molecule has 2 amide bonds. The Morgan fingerprint density at radius 1 is 1.04 bits per heavy atom. The van der Waals surface area contributed by atoms with Gasteiger partial charge in [-0.3, -0.25) is 9.59 Å². The van der Waals surface area contributed by atoms with Gasteiger partial charge in [-0.2, -0.15) is 0 Å². The summed E-state index contributed by atoms with van der Waals surface area (Å²) < 4.78 is 13.2. The first-order valence-corrected chi connectivity index (χ1v) is 9.05. The molecule has 1 fully saturated rings. The molecule has 0 spiro atoms. The Morgan fingerprint density at radius 2 is 1.64 bits per heavy atom. The van der Waals surface area contributed by atoms with Crippen molar-refractivity contribution in [2.75, 3.05) is 45.8 Å². The van der Waals surface area contributed by atoms with Gasteiger partial charge in [-0.05, 0) is 30.8 Å². The highest BCUT2D eigenvalue weighted by molar-refractivity contribution is 5.80. The molecule has 25 heavy (non-hydrogen) atoms. The average molecular weight is 349 g/mol. The first-order valence-electron chi connectivity index (χ1n) is 9.05. The Hall–Kier alpha value is -1.95. The lowest BCUT2D eigenvalue weighted by Gasteiger charge is -2.35. The van der Waals surface area contributed by atoms with Crippen LogP contribution < -0.4 is 0 Å². The molecule has 1 saturated heterocycles. The van der Waals surface area contributed by atoms with E-state index < -0.39 is 0 Å². The van der Waals surface area contributed by atoms with Crippen LogP contribution in [0.15, 0.2) is 24.3 Å². The van der Waals surface area contributed by atoms with Crippen molar-refractivity contribution in [3.63, 3.8) is 0 Å². The summed E-state index contributed by atoms with van der Waals surface area (Å²) >= 11 is 0. The van der Waals surface area contributed by atoms with Gasteiger partial charge < -0.3 is 14.7 Å². The van der Waals surface area contributed by atoms with Gasteiger partial charge in [-0.1, -0.05) is 26.0 Å². The van der Waals surface area contributed by atoms with Gasteiger partial charge in [0.25, 0.3) is 0 Å². The van der Waals surface area contributed by atoms with Crippen LogP contribution in [0, 0.1) is 5.82 Å². The Balaban J connectivity index is 1.76. The Bertz CT molecular complexity index is 582. The summed E-state index contributed by atoms with van der Waals surface area (Å²) in [6.07, 6.45) is 0.729. The van der Waals surface area contributed by atoms with Crippen molar-refractivity contribution >= 4 is 11.8 Å². The van der Waals surface area contributed by atoms with Crippen molar-refractivity contribution in [3.8, 4) is 0 Å². The molecule has 1 aliphatic rings. The normalized spacial score (nSPS) is 14.9. The summed E-state index contributed by atoms with van der Waals surface area (Å²) in [5, 5.41) is 0. The average Bonchev–Trinajstić information content (AvgIpc) is 2.62. The van der Waals surface area contributed by atoms with E-state index in [1.807, 2.05) is 4.90 Å². The van der Waals surface area contributed by atoms with Crippen LogP contribution in [-0.4, -0.2) is 72.3 Å². The topological polar surface area (TPSA) is 43.9 Å². The fourth-order valence-corrected chi connectivity index (χ4v) is 3.09. The third kappa shape index (κ3) is 5.81. The lowest BCUT2D eigenvalue weighted by atomic mass is 10.1. The van der Waals surface area contributed by atoms with Crippen molar-refractivity contribution in [3.05, 3.63) is 35.6 Å². The van der Waals surface area contributed by atoms with Crippen LogP contribution in [0.3, 0.4) is 0 Å². The number of amides is 2. The fourth-order valence-electron chi connectivity index (χ4n) is 3.09. The number of nitrogens with zero attached hydrogens (tertiary/aromatic N) is 3. The molecular weight excluding hydrogens is 321 g/mol. The molecule has 0 bridgehead atoms. The molecule has 0 aliphatic carbocycles. The number of rotatable bonds is 7. The lowest BCUT2D eigenvalue weighted by Crippen LogP contribution is -2.51. The van der Waals surface area contributed by atoms with E-state index >= 15 is 0 Å². The molecular formula is C19H28FN3O2. The standard InChI is InChI=1S/C19H28FN3O2/c1-3-21(4-2)9-8-18(24)22-10-12-23(13-11-22)19(25)15-16-6-5-7-17(20)14-16/h5-7,14H,3-4,8-13,15H2,1-2H3. The van der Waals surface area contributed by atoms with Gasteiger partial charge in [-0.25, -0.2) is 4.39 Å². The van der Waals surface area contributed by atoms with Gasteiger partial charge in [0.1, 0.15) is 5.82 Å². The van der Waals surface area contributed by atoms with E-state index in [1.165, 1.54) is 12.1 Å². The van der Waals surface area contributed by atoms with E-state index in [9.17, 15) is 14.0 Å². The molecule has 0 aromatic heterocycles. The van der Waals surface area contributed by atoms with Crippen molar-refractivity contribution in [2.45, 2.75) is 26.7 Å². The van der Waals surface area contributed by atoms with E-state index in [0.29, 0.717) is 38.2 Å². The number of hydrogen-bond donors (Lipinski definition) is 0. The number of piperazine rings is 1. The summed E-state index contributed by atoms with van der Waals surface area (Å²) in [6.45, 7) is 9.12. The second-order valence-corrected chi connectivity index (χ2v) is 6.35. The van der Waals surface area contributed by atoms with E-state index in [4.69, 9.17) is 0 Å². The predicted molar refractivity (Wildman–Crippen MR) is 95.7 cm³/mol. The molecule has 6 heteroatoms. The molecule has 0 unspecified atom stereocenters. The maximum atomic E-state index is 13.2. The molecule has 1 aliphatic heterocycles. The number of halogens is 1. The molecule has 0 radical (unpaired) electrons. The monoisotopic (exact) mass is 349 g/mol. The zero-order chi connectivity index (χ0) is 18.2. The van der Waals surface area contributed by atoms with Crippen molar-refractivity contribution in [1.29, 1.82) is 0 Å². The number of carbonyl (C=O) groups is 2. The van der Waals surface area contributed by atoms with E-state index in [-0.39, 0.29) is 24.1 Å². The minimum Gasteiger partial charge on any atom is -0.339 e. The predicted octanol–water partition coefficient (Wildman–Crippen LogP) is 1.77. The maximum Gasteiger partial charge on any atom is 0.227 e. The molecule has 5 nitrogen and oxygen atoms in total. The molecule has 0 saturated carbocycles. The van der Waals surface area contributed by atoms with Gasteiger partial charge in [0.05, 0.1) is 6.42 Å². The fraction of sp³-hybridized carbons (Fsp3) is 0.579. The second kappa shape index (κ2) is 9.51. The van der Waals surface area contributed by atoms with Crippen molar-refractivity contribution in [1.82, 2.24) is 14.7 Å². The molecule has 138 valence electrons. The van der Waals surface area contributed by atoms with E-state index in [2.05, 4.69) is 18.7 Å². The van der Waals surface area contributed by atoms with Crippen LogP contribution in [-0.2, 0) is 16.0 Å². The van der Waals surface area contributed by atoms with Gasteiger partial charge in [0, 0.05) is 39.1 Å². The van der Waals surface area contributed by atoms with Crippen LogP contribution in [0.5, 0.6) is 0 Å². The molecule has 2 rings (SSSR count). The largest absolute Gasteiger partial charge is 0.339 e. The minimum atomic E-state index is -0.325. The quantitative estimate of drug-likeness (QED) is 0.754. The lowest BCUT2D eigenvalue weighted by molar-refractivity contribution is -0.139. The third-order valence-corrected chi connectivity index (χ3v) is 4.77. The summed E-state index contributed by atoms with van der Waals surface area (Å²) in [5.41, 5.74) is 0.683. The summed E-state index contributed by atoms with van der Waals surface area (Å²) in [5.74, 6) is -0.182. The highest BCUT2D eigenvalue weighted by atomic mass is 19.1. The second-order valence-electron chi connectivity index (χ2n) is 6.35. The highest BCUT2D eigenvalue weighted by Gasteiger charge is 2.24. The Kier molecular flexibility index (Phi) is 7.37. The van der Waals surface area contributed by atoms with Crippen LogP contribution >= 0.6 is 0 Å². The molecule has 1 heterocycles. The summed E-state index contributed by atoms with van der Waals surface area (Å²) in [7, 11) is 0. The Morgan fingerprint density at radius 3 is 2.20 bits per heavy atom. The maximum absolute atomic E-state index is 13.2. The SMILES string of the molecule is CCN(CC)CCC(=O)N1CCN(C(=O)Cc2cccc(F)c2)CC1. The zero-order valence-corrected chi connectivity index (χ0v) is 15.2. The molecule has 0 N–H and O–H groups in total. The zero-order valence-electron chi connectivity index (χ0n) is 15.2. The van der Waals surface area contributed by atoms with Crippen LogP contribution in [0.1, 0.15) is 25.8 Å². The van der Waals surface area contributed by atoms with Gasteiger partial charge >= 0.3 is 0 Å². The Labute approximate surface area is 149 Å². The first-order chi connectivity index (χ1) is 12.0. The highest BCUT2D eigenvalue weighted by Crippen LogP contribution is 2.09. The van der Waals surface area contributed by atoms with Gasteiger partial charge in [0.15, 0.2) is 0 Å². The summed E-state index contributed by atoms with van der Waals surface area (Å²) in [4.78, 5) is 30.5. The van der Waals surface area contributed by atoms with Crippen LogP contribution in [0.2, 0.25) is 0 Å². The van der Waals surface area contributed by atoms with Crippen molar-refractivity contribution < 1.29 is 14.0 Å². The molecule has 1 aromatic rings. The molecule has 1 aromatic carbocycles. The summed E-state index contributed by atoms with van der Waals surface area (Å²) in [6, 6.07) is 6.14. The number of benzene rings is 1. The molecule has 0 atom stereocenters. The van der Waals surface area contributed by atoms with Crippen LogP contribution in [0.4, 0.5) is 4.39 Å². The van der Waals surface area contributed by atoms with Gasteiger partial charge in [-0.15, -0.1) is 0 Å². The third-order valence-electron chi connectivity index (χ3n) is 4.77. The van der Waals surface area contributed by atoms with E-state index in [0.717, 1.165) is 19.6 Å². The smallest absolute Gasteiger partial charge is 0.227 e. The number of hydrogen-bond acceptors (Lipinski definition) is 3. The first kappa shape index (κ1) is 19.4. The van der Waals surface area contributed by atoms with Gasteiger partial charge in [0.2, 0.25) is 11.8 Å². The minimum absolute atomic E-state index is 0.0131.